The first-order chi connectivity index (χ1) is 9.22. The molecule has 2 atom stereocenters. The van der Waals surface area contributed by atoms with E-state index < -0.39 is 0 Å². The largest absolute Gasteiger partial charge is 0.497 e. The summed E-state index contributed by atoms with van der Waals surface area (Å²) in [5.41, 5.74) is 7.54. The summed E-state index contributed by atoms with van der Waals surface area (Å²) in [4.78, 5) is 2.53. The first-order valence-corrected chi connectivity index (χ1v) is 8.09. The van der Waals surface area contributed by atoms with E-state index >= 15 is 0 Å². The van der Waals surface area contributed by atoms with E-state index in [1.165, 1.54) is 23.5 Å². The van der Waals surface area contributed by atoms with Gasteiger partial charge in [0.2, 0.25) is 0 Å². The maximum absolute atomic E-state index is 6.24. The number of benzene rings is 1. The van der Waals surface area contributed by atoms with E-state index in [2.05, 4.69) is 24.0 Å². The Labute approximate surface area is 120 Å². The summed E-state index contributed by atoms with van der Waals surface area (Å²) in [6, 6.07) is 8.78. The van der Waals surface area contributed by atoms with Crippen LogP contribution in [-0.2, 0) is 0 Å². The molecule has 2 N–H and O–H groups in total. The van der Waals surface area contributed by atoms with Crippen molar-refractivity contribution < 1.29 is 4.74 Å². The topological polar surface area (TPSA) is 38.5 Å². The van der Waals surface area contributed by atoms with Crippen LogP contribution in [0.4, 0.5) is 0 Å². The van der Waals surface area contributed by atoms with Crippen LogP contribution in [0, 0.1) is 0 Å². The number of nitrogens with zero attached hydrogens (tertiary/aromatic N) is 1. The third-order valence-electron chi connectivity index (χ3n) is 3.61. The molecule has 2 rings (SSSR count). The van der Waals surface area contributed by atoms with E-state index in [9.17, 15) is 0 Å². The van der Waals surface area contributed by atoms with Gasteiger partial charge in [-0.2, -0.15) is 11.8 Å². The van der Waals surface area contributed by atoms with Crippen molar-refractivity contribution in [2.45, 2.75) is 25.4 Å². The summed E-state index contributed by atoms with van der Waals surface area (Å²) in [5.74, 6) is 3.38. The van der Waals surface area contributed by atoms with E-state index in [-0.39, 0.29) is 6.04 Å². The lowest BCUT2D eigenvalue weighted by Gasteiger charge is -2.33. The molecule has 1 aliphatic heterocycles. The van der Waals surface area contributed by atoms with Crippen LogP contribution in [0.1, 0.15) is 24.9 Å². The zero-order valence-corrected chi connectivity index (χ0v) is 12.7. The number of thioether (sulfide) groups is 1. The van der Waals surface area contributed by atoms with E-state index in [1.54, 1.807) is 7.11 Å². The molecular weight excluding hydrogens is 256 g/mol. The summed E-state index contributed by atoms with van der Waals surface area (Å²) in [6.07, 6.45) is 1.25. The third kappa shape index (κ3) is 3.88. The second-order valence-electron chi connectivity index (χ2n) is 5.08. The summed E-state index contributed by atoms with van der Waals surface area (Å²) < 4.78 is 5.23. The quantitative estimate of drug-likeness (QED) is 0.920. The predicted octanol–water partition coefficient (Wildman–Crippen LogP) is 2.52. The Morgan fingerprint density at radius 2 is 1.95 bits per heavy atom. The molecule has 1 heterocycles. The minimum atomic E-state index is 0.136. The van der Waals surface area contributed by atoms with Gasteiger partial charge >= 0.3 is 0 Å². The number of methoxy groups -OCH3 is 1. The van der Waals surface area contributed by atoms with Crippen LogP contribution in [0.25, 0.3) is 0 Å². The lowest BCUT2D eigenvalue weighted by Crippen LogP contribution is -2.40. The smallest absolute Gasteiger partial charge is 0.118 e. The Morgan fingerprint density at radius 3 is 2.58 bits per heavy atom. The fraction of sp³-hybridized carbons (Fsp3) is 0.600. The van der Waals surface area contributed by atoms with Gasteiger partial charge in [-0.3, -0.25) is 4.90 Å². The minimum absolute atomic E-state index is 0.136. The van der Waals surface area contributed by atoms with Crippen molar-refractivity contribution in [3.8, 4) is 5.75 Å². The average Bonchev–Trinajstić information content (AvgIpc) is 2.68. The lowest BCUT2D eigenvalue weighted by molar-refractivity contribution is 0.190. The van der Waals surface area contributed by atoms with Crippen LogP contribution < -0.4 is 10.5 Å². The van der Waals surface area contributed by atoms with Crippen LogP contribution in [0.3, 0.4) is 0 Å². The Hall–Kier alpha value is -0.710. The molecule has 0 radical (unpaired) electrons. The molecule has 1 fully saturated rings. The molecule has 1 aromatic rings. The van der Waals surface area contributed by atoms with Crippen molar-refractivity contribution >= 4 is 11.8 Å². The Balaban J connectivity index is 2.17. The van der Waals surface area contributed by atoms with Crippen LogP contribution >= 0.6 is 11.8 Å². The summed E-state index contributed by atoms with van der Waals surface area (Å²) >= 11 is 2.05. The number of hydrogen-bond acceptors (Lipinski definition) is 4. The van der Waals surface area contributed by atoms with Gasteiger partial charge in [0.1, 0.15) is 5.75 Å². The Bertz CT molecular complexity index is 372. The molecule has 0 saturated carbocycles. The molecule has 0 aliphatic carbocycles. The highest BCUT2D eigenvalue weighted by Gasteiger charge is 2.24. The van der Waals surface area contributed by atoms with Gasteiger partial charge in [0.15, 0.2) is 0 Å². The first-order valence-electron chi connectivity index (χ1n) is 6.93. The van der Waals surface area contributed by atoms with E-state index in [0.717, 1.165) is 18.8 Å². The van der Waals surface area contributed by atoms with Gasteiger partial charge in [0.25, 0.3) is 0 Å². The van der Waals surface area contributed by atoms with Crippen LogP contribution in [0.15, 0.2) is 24.3 Å². The minimum Gasteiger partial charge on any atom is -0.497 e. The van der Waals surface area contributed by atoms with Crippen LogP contribution in [0.2, 0.25) is 0 Å². The summed E-state index contributed by atoms with van der Waals surface area (Å²) in [7, 11) is 1.70. The van der Waals surface area contributed by atoms with Gasteiger partial charge in [-0.25, -0.2) is 0 Å². The molecule has 106 valence electrons. The average molecular weight is 280 g/mol. The molecule has 4 heteroatoms. The van der Waals surface area contributed by atoms with Gasteiger partial charge < -0.3 is 10.5 Å². The highest BCUT2D eigenvalue weighted by atomic mass is 32.2. The number of nitrogens with two attached hydrogens (primary N) is 1. The first kappa shape index (κ1) is 14.7. The fourth-order valence-electron chi connectivity index (χ4n) is 2.69. The monoisotopic (exact) mass is 280 g/mol. The normalized spacial score (nSPS) is 20.6. The molecule has 3 nitrogen and oxygen atoms in total. The van der Waals surface area contributed by atoms with E-state index in [0.29, 0.717) is 6.04 Å². The van der Waals surface area contributed by atoms with Crippen LogP contribution in [0.5, 0.6) is 5.75 Å². The third-order valence-corrected chi connectivity index (χ3v) is 4.65. The number of rotatable bonds is 4. The molecule has 1 aliphatic rings. The molecule has 0 spiro atoms. The maximum atomic E-state index is 6.24. The SMILES string of the molecule is COc1ccc(C(C(C)N)N2CCCSCC2)cc1. The second-order valence-corrected chi connectivity index (χ2v) is 6.30. The molecular formula is C15H24N2OS. The standard InChI is InChI=1S/C15H24N2OS/c1-12(16)15(17-8-3-10-19-11-9-17)13-4-6-14(18-2)7-5-13/h4-7,12,15H,3,8-11,16H2,1-2H3. The summed E-state index contributed by atoms with van der Waals surface area (Å²) in [6.45, 7) is 4.38. The Kier molecular flexibility index (Phi) is 5.55. The van der Waals surface area contributed by atoms with Crippen molar-refractivity contribution in [2.24, 2.45) is 5.73 Å². The number of ether oxygens (including phenoxy) is 1. The second kappa shape index (κ2) is 7.17. The van der Waals surface area contributed by atoms with Crippen molar-refractivity contribution in [3.63, 3.8) is 0 Å². The molecule has 0 amide bonds. The molecule has 1 saturated heterocycles. The van der Waals surface area contributed by atoms with Crippen molar-refractivity contribution in [1.82, 2.24) is 4.90 Å². The van der Waals surface area contributed by atoms with Gasteiger partial charge in [-0.15, -0.1) is 0 Å². The predicted molar refractivity (Wildman–Crippen MR) is 82.9 cm³/mol. The highest BCUT2D eigenvalue weighted by molar-refractivity contribution is 7.99. The molecule has 19 heavy (non-hydrogen) atoms. The van der Waals surface area contributed by atoms with Gasteiger partial charge in [0, 0.05) is 24.4 Å². The molecule has 2 unspecified atom stereocenters. The summed E-state index contributed by atoms with van der Waals surface area (Å²) in [5, 5.41) is 0. The Morgan fingerprint density at radius 1 is 1.21 bits per heavy atom. The molecule has 0 aromatic heterocycles. The van der Waals surface area contributed by atoms with Crippen molar-refractivity contribution in [2.75, 3.05) is 31.7 Å². The van der Waals surface area contributed by atoms with Gasteiger partial charge in [0.05, 0.1) is 7.11 Å². The maximum Gasteiger partial charge on any atom is 0.118 e. The zero-order chi connectivity index (χ0) is 13.7. The van der Waals surface area contributed by atoms with E-state index in [1.807, 2.05) is 23.9 Å². The van der Waals surface area contributed by atoms with Crippen molar-refractivity contribution in [3.05, 3.63) is 29.8 Å². The zero-order valence-electron chi connectivity index (χ0n) is 11.8. The lowest BCUT2D eigenvalue weighted by atomic mass is 9.99. The van der Waals surface area contributed by atoms with Crippen molar-refractivity contribution in [1.29, 1.82) is 0 Å². The van der Waals surface area contributed by atoms with Gasteiger partial charge in [-0.1, -0.05) is 12.1 Å². The fourth-order valence-corrected chi connectivity index (χ4v) is 3.59. The number of hydrogen-bond donors (Lipinski definition) is 1. The van der Waals surface area contributed by atoms with E-state index in [4.69, 9.17) is 10.5 Å². The van der Waals surface area contributed by atoms with Gasteiger partial charge in [-0.05, 0) is 43.3 Å². The van der Waals surface area contributed by atoms with Crippen LogP contribution in [-0.4, -0.2) is 42.6 Å². The molecule has 0 bridgehead atoms. The molecule has 1 aromatic carbocycles. The highest BCUT2D eigenvalue weighted by Crippen LogP contribution is 2.27.